The van der Waals surface area contributed by atoms with Crippen molar-refractivity contribution in [3.63, 3.8) is 0 Å². The maximum Gasteiger partial charge on any atom is 0.310 e. The number of hydrogen-bond acceptors (Lipinski definition) is 6. The van der Waals surface area contributed by atoms with E-state index in [-0.39, 0.29) is 11.7 Å². The Morgan fingerprint density at radius 3 is 2.73 bits per heavy atom. The molecule has 8 heteroatoms. The molecular weight excluding hydrogens is 406 g/mol. The molecule has 0 radical (unpaired) electrons. The number of fused-ring (bicyclic) bond motifs is 1. The second-order valence-electron chi connectivity index (χ2n) is 6.80. The van der Waals surface area contributed by atoms with Gasteiger partial charge in [-0.1, -0.05) is 11.6 Å². The number of carbonyl (C=O) groups is 1. The van der Waals surface area contributed by atoms with E-state index in [0.29, 0.717) is 34.4 Å². The van der Waals surface area contributed by atoms with Gasteiger partial charge in [0.2, 0.25) is 0 Å². The van der Waals surface area contributed by atoms with E-state index in [0.717, 1.165) is 10.9 Å². The lowest BCUT2D eigenvalue weighted by Crippen LogP contribution is -2.27. The van der Waals surface area contributed by atoms with Crippen LogP contribution in [0.15, 0.2) is 75.0 Å². The largest absolute Gasteiger partial charge is 0.497 e. The van der Waals surface area contributed by atoms with Crippen LogP contribution in [-0.2, 0) is 0 Å². The molecule has 0 saturated carbocycles. The van der Waals surface area contributed by atoms with Crippen LogP contribution in [0.25, 0.3) is 10.9 Å². The fourth-order valence-corrected chi connectivity index (χ4v) is 3.82. The highest BCUT2D eigenvalue weighted by atomic mass is 35.5. The van der Waals surface area contributed by atoms with Crippen molar-refractivity contribution < 1.29 is 18.4 Å². The smallest absolute Gasteiger partial charge is 0.310 e. The first-order valence-corrected chi connectivity index (χ1v) is 9.64. The molecular formula is C22H16ClN3O4. The lowest BCUT2D eigenvalue weighted by Gasteiger charge is -2.22. The van der Waals surface area contributed by atoms with Crippen molar-refractivity contribution in [2.75, 3.05) is 7.11 Å². The summed E-state index contributed by atoms with van der Waals surface area (Å²) in [5.41, 5.74) is 2.06. The van der Waals surface area contributed by atoms with Crippen LogP contribution in [0.1, 0.15) is 34.3 Å². The van der Waals surface area contributed by atoms with Crippen molar-refractivity contribution in [3.05, 3.63) is 83.3 Å². The van der Waals surface area contributed by atoms with Crippen LogP contribution >= 0.6 is 11.6 Å². The van der Waals surface area contributed by atoms with Crippen LogP contribution in [0, 0.1) is 0 Å². The molecule has 5 rings (SSSR count). The molecule has 3 aromatic heterocycles. The fraction of sp³-hybridized carbons (Fsp3) is 0.136. The van der Waals surface area contributed by atoms with Gasteiger partial charge in [0, 0.05) is 17.4 Å². The molecule has 0 saturated heterocycles. The molecule has 0 N–H and O–H groups in total. The van der Waals surface area contributed by atoms with Crippen LogP contribution < -0.4 is 4.74 Å². The number of hydrazone groups is 1. The van der Waals surface area contributed by atoms with Crippen molar-refractivity contribution in [3.8, 4) is 5.75 Å². The molecule has 0 spiro atoms. The van der Waals surface area contributed by atoms with Gasteiger partial charge < -0.3 is 13.6 Å². The molecule has 7 nitrogen and oxygen atoms in total. The van der Waals surface area contributed by atoms with Gasteiger partial charge >= 0.3 is 5.91 Å². The standard InChI is InChI=1S/C22H16ClN3O4/c1-28-14-6-7-16-13(10-14)11-15(21(23)24-16)18-12-17(19-4-2-8-29-19)25-26(18)22(27)20-5-3-9-30-20/h2-11,18H,12H2,1H3. The molecule has 4 aromatic rings. The average molecular weight is 422 g/mol. The van der Waals surface area contributed by atoms with Crippen molar-refractivity contribution in [2.24, 2.45) is 5.10 Å². The van der Waals surface area contributed by atoms with E-state index >= 15 is 0 Å². The fourth-order valence-electron chi connectivity index (χ4n) is 3.55. The molecule has 1 atom stereocenters. The van der Waals surface area contributed by atoms with Gasteiger partial charge in [-0.15, -0.1) is 0 Å². The zero-order chi connectivity index (χ0) is 20.7. The Labute approximate surface area is 176 Å². The molecule has 0 bridgehead atoms. The summed E-state index contributed by atoms with van der Waals surface area (Å²) in [5, 5.41) is 7.08. The number of methoxy groups -OCH3 is 1. The van der Waals surface area contributed by atoms with Crippen LogP contribution in [-0.4, -0.2) is 28.7 Å². The van der Waals surface area contributed by atoms with Crippen molar-refractivity contribution in [1.82, 2.24) is 9.99 Å². The van der Waals surface area contributed by atoms with E-state index < -0.39 is 6.04 Å². The quantitative estimate of drug-likeness (QED) is 0.429. The second-order valence-corrected chi connectivity index (χ2v) is 7.16. The van der Waals surface area contributed by atoms with Gasteiger partial charge in [0.05, 0.1) is 31.2 Å². The van der Waals surface area contributed by atoms with Crippen LogP contribution in [0.3, 0.4) is 0 Å². The summed E-state index contributed by atoms with van der Waals surface area (Å²) in [6, 6.07) is 13.9. The lowest BCUT2D eigenvalue weighted by atomic mass is 10.0. The normalized spacial score (nSPS) is 16.1. The third-order valence-electron chi connectivity index (χ3n) is 5.02. The molecule has 30 heavy (non-hydrogen) atoms. The van der Waals surface area contributed by atoms with Gasteiger partial charge in [-0.05, 0) is 48.5 Å². The van der Waals surface area contributed by atoms with E-state index in [4.69, 9.17) is 25.2 Å². The topological polar surface area (TPSA) is 81.1 Å². The predicted molar refractivity (Wildman–Crippen MR) is 111 cm³/mol. The lowest BCUT2D eigenvalue weighted by molar-refractivity contribution is 0.0678. The summed E-state index contributed by atoms with van der Waals surface area (Å²) in [5.74, 6) is 1.13. The number of halogens is 1. The minimum atomic E-state index is -0.460. The Morgan fingerprint density at radius 1 is 1.17 bits per heavy atom. The first-order valence-electron chi connectivity index (χ1n) is 9.26. The summed E-state index contributed by atoms with van der Waals surface area (Å²) >= 11 is 6.55. The summed E-state index contributed by atoms with van der Waals surface area (Å²) in [7, 11) is 1.61. The SMILES string of the molecule is COc1ccc2nc(Cl)c(C3CC(c4ccco4)=NN3C(=O)c3ccco3)cc2c1. The van der Waals surface area contributed by atoms with E-state index in [1.165, 1.54) is 11.3 Å². The van der Waals surface area contributed by atoms with Crippen molar-refractivity contribution >= 4 is 34.1 Å². The maximum absolute atomic E-state index is 13.1. The molecule has 1 aromatic carbocycles. The van der Waals surface area contributed by atoms with E-state index in [1.807, 2.05) is 30.3 Å². The van der Waals surface area contributed by atoms with Gasteiger partial charge in [-0.2, -0.15) is 5.10 Å². The summed E-state index contributed by atoms with van der Waals surface area (Å²) < 4.78 is 16.1. The van der Waals surface area contributed by atoms with Crippen molar-refractivity contribution in [2.45, 2.75) is 12.5 Å². The minimum absolute atomic E-state index is 0.191. The second kappa shape index (κ2) is 7.35. The van der Waals surface area contributed by atoms with Gasteiger partial charge in [0.15, 0.2) is 5.76 Å². The zero-order valence-corrected chi connectivity index (χ0v) is 16.7. The third-order valence-corrected chi connectivity index (χ3v) is 5.32. The number of amides is 1. The number of carbonyl (C=O) groups excluding carboxylic acids is 1. The monoisotopic (exact) mass is 421 g/mol. The van der Waals surface area contributed by atoms with E-state index in [1.54, 1.807) is 31.6 Å². The summed E-state index contributed by atoms with van der Waals surface area (Å²) in [6.07, 6.45) is 3.45. The highest BCUT2D eigenvalue weighted by molar-refractivity contribution is 6.30. The average Bonchev–Trinajstić information content (AvgIpc) is 3.53. The molecule has 1 amide bonds. The van der Waals surface area contributed by atoms with E-state index in [2.05, 4.69) is 10.1 Å². The predicted octanol–water partition coefficient (Wildman–Crippen LogP) is 5.07. The Hall–Kier alpha value is -3.58. The van der Waals surface area contributed by atoms with Crippen molar-refractivity contribution in [1.29, 1.82) is 0 Å². The number of ether oxygens (including phenoxy) is 1. The Bertz CT molecular complexity index is 1250. The summed E-state index contributed by atoms with van der Waals surface area (Å²) in [6.45, 7) is 0. The number of aromatic nitrogens is 1. The number of nitrogens with zero attached hydrogens (tertiary/aromatic N) is 3. The molecule has 1 aliphatic rings. The first kappa shape index (κ1) is 18.4. The molecule has 150 valence electrons. The van der Waals surface area contributed by atoms with Gasteiger partial charge in [0.25, 0.3) is 0 Å². The zero-order valence-electron chi connectivity index (χ0n) is 15.9. The molecule has 1 unspecified atom stereocenters. The molecule has 1 aliphatic heterocycles. The first-order chi connectivity index (χ1) is 14.6. The molecule has 4 heterocycles. The van der Waals surface area contributed by atoms with Gasteiger partial charge in [-0.3, -0.25) is 4.79 Å². The third kappa shape index (κ3) is 3.13. The number of pyridine rings is 1. The Kier molecular flexibility index (Phi) is 4.52. The highest BCUT2D eigenvalue weighted by Crippen LogP contribution is 2.38. The Balaban J connectivity index is 1.60. The summed E-state index contributed by atoms with van der Waals surface area (Å²) in [4.78, 5) is 17.6. The number of furan rings is 2. The van der Waals surface area contributed by atoms with Crippen LogP contribution in [0.5, 0.6) is 5.75 Å². The van der Waals surface area contributed by atoms with Crippen LogP contribution in [0.2, 0.25) is 5.15 Å². The van der Waals surface area contributed by atoms with Gasteiger partial charge in [-0.25, -0.2) is 9.99 Å². The highest BCUT2D eigenvalue weighted by Gasteiger charge is 2.37. The minimum Gasteiger partial charge on any atom is -0.497 e. The molecule has 0 aliphatic carbocycles. The number of rotatable bonds is 4. The molecule has 0 fully saturated rings. The number of hydrogen-bond donors (Lipinski definition) is 0. The number of benzene rings is 1. The van der Waals surface area contributed by atoms with Gasteiger partial charge in [0.1, 0.15) is 22.4 Å². The maximum atomic E-state index is 13.1. The van der Waals surface area contributed by atoms with Crippen LogP contribution in [0.4, 0.5) is 0 Å². The Morgan fingerprint density at radius 2 is 2.00 bits per heavy atom. The van der Waals surface area contributed by atoms with E-state index in [9.17, 15) is 4.79 Å².